The van der Waals surface area contributed by atoms with Crippen molar-refractivity contribution >= 4 is 74.9 Å². The van der Waals surface area contributed by atoms with Gasteiger partial charge in [-0.15, -0.1) is 0 Å². The zero-order chi connectivity index (χ0) is 91.4. The molecule has 0 N–H and O–H groups in total. The molecule has 17 rings (SSSR count). The van der Waals surface area contributed by atoms with Crippen molar-refractivity contribution in [2.75, 3.05) is 25.6 Å². The number of halogens is 2. The Balaban J connectivity index is 0.000000177. The van der Waals surface area contributed by atoms with Crippen molar-refractivity contribution < 1.29 is 112 Å². The van der Waals surface area contributed by atoms with Crippen LogP contribution in [0.15, 0.2) is 191 Å². The van der Waals surface area contributed by atoms with Crippen LogP contribution in [0.4, 0.5) is 13.6 Å². The van der Waals surface area contributed by atoms with Gasteiger partial charge in [-0.1, -0.05) is 114 Å². The number of rotatable bonds is 24. The van der Waals surface area contributed by atoms with Crippen molar-refractivity contribution in [3.05, 3.63) is 176 Å². The molecule has 22 nitrogen and oxygen atoms in total. The molecule has 2 saturated heterocycles. The van der Waals surface area contributed by atoms with E-state index < -0.39 is 59.0 Å². The Labute approximate surface area is 735 Å². The molecule has 124 heavy (non-hydrogen) atoms. The number of alkyl halides is 2. The lowest BCUT2D eigenvalue weighted by atomic mass is 9.49. The van der Waals surface area contributed by atoms with Gasteiger partial charge in [0.1, 0.15) is 63.7 Å². The van der Waals surface area contributed by atoms with Gasteiger partial charge in [0.2, 0.25) is 0 Å². The number of ether oxygens (including phenoxy) is 10. The maximum Gasteiger partial charge on any atom is 0.508 e. The van der Waals surface area contributed by atoms with Gasteiger partial charge in [-0.2, -0.15) is 0 Å². The fraction of sp³-hybridized carbons (Fsp3) is 0.582. The van der Waals surface area contributed by atoms with Crippen molar-refractivity contribution in [2.45, 2.75) is 285 Å². The first-order chi connectivity index (χ1) is 58.3. The van der Waals surface area contributed by atoms with E-state index in [0.717, 1.165) is 75.0 Å². The van der Waals surface area contributed by atoms with Crippen molar-refractivity contribution in [1.29, 1.82) is 0 Å². The molecule has 3 aromatic carbocycles. The molecule has 0 spiro atoms. The summed E-state index contributed by atoms with van der Waals surface area (Å²) in [5.41, 5.74) is 2.05. The Morgan fingerprint density at radius 3 is 1.31 bits per heavy atom. The SMILES string of the molecule is C=C(C)C(=O)OC1(C)C2CC3CC(C2)CC1C3.C=C(C)C(=O)OC1(C)CCCC1.C=C(C)C(=O)OC1(CC)C2CC3CC(C2)CC1C3.C=C(C)C(=O)OC1(CC)CCCC1.C=C(C)C(=O)OC1C2CC3C(=O)OC1C3C2.C=C(C)C(=O)OCC1COC(=O)O1.C=C(C)C(=O)OCCC(F)(F)CS(=O)(=O)[O-].c1ccc([S+](c2ccccc2)c2ccccc2)cc1. The number of fused-ring (bicyclic) bond motifs is 1. The first-order valence-electron chi connectivity index (χ1n) is 43.6. The number of esters is 8. The molecular formula is C98H130F2O22S2. The van der Waals surface area contributed by atoms with Gasteiger partial charge in [0.15, 0.2) is 20.8 Å². The van der Waals surface area contributed by atoms with E-state index in [2.05, 4.69) is 172 Å². The fourth-order valence-electron chi connectivity index (χ4n) is 19.9. The summed E-state index contributed by atoms with van der Waals surface area (Å²) in [6.45, 7) is 44.0. The van der Waals surface area contributed by atoms with Crippen LogP contribution < -0.4 is 0 Å². The Bertz CT molecular complexity index is 4300. The molecule has 0 amide bonds. The first-order valence-corrected chi connectivity index (χ1v) is 46.4. The zero-order valence-electron chi connectivity index (χ0n) is 74.3. The molecule has 680 valence electrons. The number of benzene rings is 3. The zero-order valence-corrected chi connectivity index (χ0v) is 76.0. The highest BCUT2D eigenvalue weighted by Crippen LogP contribution is 2.62. The molecule has 14 aliphatic rings. The highest BCUT2D eigenvalue weighted by molar-refractivity contribution is 7.97. The largest absolute Gasteiger partial charge is 0.748 e. The normalized spacial score (nSPS) is 28.0. The summed E-state index contributed by atoms with van der Waals surface area (Å²) >= 11 is 0. The standard InChI is InChI=1S/C18H15S.C16H24O2.C15H22O2.C12H14O4.C11H18O2.C10H16O2.C8H12F2O5S.C8H10O5/c1-4-10-16(11-5-1)19(17-12-6-2-7-13-17)18-14-8-3-9-15-18;1-4-16(18-15(17)10(2)3)13-6-11-5-12(8-13)9-14(16)7-11;1-9(2)14(16)17-15(3)12-5-10-4-11(7-12)8-13(15)6-10;1-5(2)11(13)15-9-6-3-7-8(4-6)12(14)16-10(7)9;1-4-11(7-5-6-8-11)13-10(12)9(2)3;1-8(2)9(11)12-10(3)6-4-5-7-10;1-6(2)7(11)15-4-3-8(9,10)5-16(12,13)14;1-5(2)7(9)11-3-6-4-12-8(10)13-6/h1-15H;11-14H,2,4-9H2,1,3H3;10-13H,1,4-8H2,2-3H3;6-10H,1,3-4H2,2H3;2,4-8H2,1,3H3;1,4-7H2,2-3H3;1,3-5H2,2H3,(H,12,13,14);6H,1,3-4H2,2H3/q+1;;;;;;;/p-1. The van der Waals surface area contributed by atoms with Gasteiger partial charge in [0, 0.05) is 57.3 Å². The van der Waals surface area contributed by atoms with Crippen molar-refractivity contribution in [3.8, 4) is 0 Å². The van der Waals surface area contributed by atoms with Crippen LogP contribution in [0.1, 0.15) is 224 Å². The minimum absolute atomic E-state index is 0.0113. The quantitative estimate of drug-likeness (QED) is 0.0264. The fourth-order valence-corrected chi connectivity index (χ4v) is 22.6. The molecule has 12 aliphatic carbocycles. The van der Waals surface area contributed by atoms with Crippen molar-refractivity contribution in [3.63, 3.8) is 0 Å². The molecule has 10 bridgehead atoms. The molecule has 6 atom stereocenters. The van der Waals surface area contributed by atoms with Gasteiger partial charge in [-0.3, -0.25) is 4.79 Å². The Kier molecular flexibility index (Phi) is 36.0. The lowest BCUT2D eigenvalue weighted by Crippen LogP contribution is -2.59. The number of cyclic esters (lactones) is 2. The Morgan fingerprint density at radius 1 is 0.500 bits per heavy atom. The monoisotopic (exact) mass is 1760 g/mol. The lowest BCUT2D eigenvalue weighted by molar-refractivity contribution is -0.207. The van der Waals surface area contributed by atoms with Crippen LogP contribution in [0.2, 0.25) is 0 Å². The van der Waals surface area contributed by atoms with Gasteiger partial charge in [0.05, 0.1) is 23.4 Å². The molecule has 2 heterocycles. The van der Waals surface area contributed by atoms with Gasteiger partial charge in [0.25, 0.3) is 5.92 Å². The van der Waals surface area contributed by atoms with E-state index in [1.54, 1.807) is 41.5 Å². The van der Waals surface area contributed by atoms with Crippen LogP contribution in [0.5, 0.6) is 0 Å². The minimum atomic E-state index is -5.01. The van der Waals surface area contributed by atoms with Crippen LogP contribution in [0.25, 0.3) is 0 Å². The summed E-state index contributed by atoms with van der Waals surface area (Å²) < 4.78 is 107. The minimum Gasteiger partial charge on any atom is -0.748 e. The van der Waals surface area contributed by atoms with Crippen molar-refractivity contribution in [1.82, 2.24) is 0 Å². The molecule has 2 aliphatic heterocycles. The van der Waals surface area contributed by atoms with Gasteiger partial charge in [-0.25, -0.2) is 55.6 Å². The summed E-state index contributed by atoms with van der Waals surface area (Å²) in [6, 6.07) is 32.2. The maximum atomic E-state index is 12.8. The Hall–Kier alpha value is -9.01. The number of carbonyl (C=O) groups excluding carboxylic acids is 9. The van der Waals surface area contributed by atoms with E-state index in [9.17, 15) is 64.9 Å². The Morgan fingerprint density at radius 2 is 0.903 bits per heavy atom. The summed E-state index contributed by atoms with van der Waals surface area (Å²) in [6.07, 6.45) is 22.8. The summed E-state index contributed by atoms with van der Waals surface area (Å²) in [5, 5.41) is 0. The van der Waals surface area contributed by atoms with Crippen LogP contribution in [0.3, 0.4) is 0 Å². The average Bonchev–Trinajstić information content (AvgIpc) is 1.30. The summed E-state index contributed by atoms with van der Waals surface area (Å²) in [4.78, 5) is 105. The summed E-state index contributed by atoms with van der Waals surface area (Å²) in [7, 11) is -5.02. The van der Waals surface area contributed by atoms with Gasteiger partial charge >= 0.3 is 53.9 Å². The molecule has 12 saturated carbocycles. The number of hydrogen-bond donors (Lipinski definition) is 0. The van der Waals surface area contributed by atoms with Crippen LogP contribution >= 0.6 is 0 Å². The second-order valence-corrected chi connectivity index (χ2v) is 39.8. The molecule has 6 unspecified atom stereocenters. The van der Waals surface area contributed by atoms with E-state index in [1.807, 2.05) is 6.92 Å². The molecule has 0 aromatic heterocycles. The third-order valence-corrected chi connectivity index (χ3v) is 29.1. The molecule has 26 heteroatoms. The van der Waals surface area contributed by atoms with Gasteiger partial charge in [-0.05, 0) is 287 Å². The third-order valence-electron chi connectivity index (χ3n) is 26.1. The second-order valence-electron chi connectivity index (χ2n) is 36.4. The molecule has 0 radical (unpaired) electrons. The summed E-state index contributed by atoms with van der Waals surface area (Å²) in [5.74, 6) is -1.46. The molecular weight excluding hydrogens is 1630 g/mol. The van der Waals surface area contributed by atoms with Crippen LogP contribution in [0, 0.1) is 65.1 Å². The molecule has 14 fully saturated rings. The van der Waals surface area contributed by atoms with Crippen LogP contribution in [-0.2, 0) is 107 Å². The highest BCUT2D eigenvalue weighted by Gasteiger charge is 2.64. The van der Waals surface area contributed by atoms with Crippen molar-refractivity contribution in [2.24, 2.45) is 65.1 Å². The second kappa shape index (κ2) is 44.4. The first kappa shape index (κ1) is 100. The smallest absolute Gasteiger partial charge is 0.508 e. The van der Waals surface area contributed by atoms with E-state index in [1.165, 1.54) is 112 Å². The number of carbonyl (C=O) groups is 9. The van der Waals surface area contributed by atoms with E-state index in [-0.39, 0.29) is 112 Å². The molecule has 3 aromatic rings. The topological polar surface area (TPSA) is 303 Å². The van der Waals surface area contributed by atoms with E-state index in [0.29, 0.717) is 63.0 Å². The third kappa shape index (κ3) is 27.7. The van der Waals surface area contributed by atoms with Gasteiger partial charge < -0.3 is 51.9 Å². The predicted octanol–water partition coefficient (Wildman–Crippen LogP) is 19.5. The highest BCUT2D eigenvalue weighted by atomic mass is 32.2. The van der Waals surface area contributed by atoms with E-state index in [4.69, 9.17) is 33.2 Å². The number of hydrogen-bond acceptors (Lipinski definition) is 22. The average molecular weight is 1760 g/mol. The van der Waals surface area contributed by atoms with Crippen LogP contribution in [-0.4, -0.2) is 139 Å². The predicted molar refractivity (Wildman–Crippen MR) is 465 cm³/mol. The maximum absolute atomic E-state index is 12.8. The van der Waals surface area contributed by atoms with E-state index >= 15 is 0 Å². The lowest BCUT2D eigenvalue weighted by Gasteiger charge is -2.60.